The SMILES string of the molecule is Cc1ccc(C(=O)O/C(=C(\SC(=O)c2ccc(C)cc2)c2ccc(C)cc2)c2ccc(C)cc2)cc1. The van der Waals surface area contributed by atoms with Gasteiger partial charge in [-0.05, 0) is 57.2 Å². The quantitative estimate of drug-likeness (QED) is 0.155. The Kier molecular flexibility index (Phi) is 7.87. The molecule has 0 aromatic heterocycles. The van der Waals surface area contributed by atoms with Gasteiger partial charge in [-0.2, -0.15) is 0 Å². The Morgan fingerprint density at radius 1 is 0.500 bits per heavy atom. The number of benzene rings is 4. The van der Waals surface area contributed by atoms with Crippen molar-refractivity contribution in [1.29, 1.82) is 0 Å². The molecule has 180 valence electrons. The Labute approximate surface area is 216 Å². The van der Waals surface area contributed by atoms with Crippen molar-refractivity contribution < 1.29 is 14.3 Å². The maximum absolute atomic E-state index is 13.4. The van der Waals surface area contributed by atoms with Gasteiger partial charge >= 0.3 is 5.97 Å². The van der Waals surface area contributed by atoms with Gasteiger partial charge in [-0.1, -0.05) is 107 Å². The molecular formula is C32H28O3S. The van der Waals surface area contributed by atoms with Gasteiger partial charge in [0, 0.05) is 11.1 Å². The van der Waals surface area contributed by atoms with Crippen LogP contribution in [0.25, 0.3) is 10.7 Å². The highest BCUT2D eigenvalue weighted by Gasteiger charge is 2.22. The third-order valence-corrected chi connectivity index (χ3v) is 6.84. The van der Waals surface area contributed by atoms with Crippen LogP contribution in [-0.2, 0) is 4.74 Å². The van der Waals surface area contributed by atoms with Crippen LogP contribution < -0.4 is 0 Å². The van der Waals surface area contributed by atoms with Crippen LogP contribution in [0.15, 0.2) is 97.1 Å². The van der Waals surface area contributed by atoms with E-state index >= 15 is 0 Å². The number of ether oxygens (including phenoxy) is 1. The third kappa shape index (κ3) is 6.21. The normalized spacial score (nSPS) is 11.6. The molecule has 0 radical (unpaired) electrons. The van der Waals surface area contributed by atoms with Crippen LogP contribution in [-0.4, -0.2) is 11.1 Å². The molecule has 0 unspecified atom stereocenters. The Balaban J connectivity index is 1.85. The van der Waals surface area contributed by atoms with Gasteiger partial charge in [-0.25, -0.2) is 4.79 Å². The van der Waals surface area contributed by atoms with Crippen molar-refractivity contribution in [2.45, 2.75) is 27.7 Å². The van der Waals surface area contributed by atoms with Crippen molar-refractivity contribution in [3.63, 3.8) is 0 Å². The summed E-state index contributed by atoms with van der Waals surface area (Å²) < 4.78 is 6.07. The van der Waals surface area contributed by atoms with Gasteiger partial charge in [-0.15, -0.1) is 0 Å². The van der Waals surface area contributed by atoms with Gasteiger partial charge < -0.3 is 4.74 Å². The molecule has 3 nitrogen and oxygen atoms in total. The molecule has 0 aliphatic carbocycles. The minimum Gasteiger partial charge on any atom is -0.421 e. The molecule has 0 saturated carbocycles. The van der Waals surface area contributed by atoms with Crippen LogP contribution in [0.4, 0.5) is 0 Å². The third-order valence-electron chi connectivity index (χ3n) is 5.80. The number of hydrogen-bond donors (Lipinski definition) is 0. The van der Waals surface area contributed by atoms with Gasteiger partial charge in [0.15, 0.2) is 5.76 Å². The first kappa shape index (κ1) is 25.2. The molecule has 0 fully saturated rings. The lowest BCUT2D eigenvalue weighted by molar-refractivity contribution is 0.0693. The zero-order valence-electron chi connectivity index (χ0n) is 20.9. The molecule has 4 aromatic rings. The second kappa shape index (κ2) is 11.2. The molecule has 0 atom stereocenters. The predicted molar refractivity (Wildman–Crippen MR) is 149 cm³/mol. The summed E-state index contributed by atoms with van der Waals surface area (Å²) in [5.74, 6) is -0.117. The number of carbonyl (C=O) groups is 2. The van der Waals surface area contributed by atoms with E-state index in [9.17, 15) is 9.59 Å². The van der Waals surface area contributed by atoms with Crippen LogP contribution in [0.3, 0.4) is 0 Å². The topological polar surface area (TPSA) is 43.4 Å². The summed E-state index contributed by atoms with van der Waals surface area (Å²) in [4.78, 5) is 27.2. The predicted octanol–water partition coefficient (Wildman–Crippen LogP) is 8.18. The summed E-state index contributed by atoms with van der Waals surface area (Å²) in [6.07, 6.45) is 0. The first-order valence-corrected chi connectivity index (χ1v) is 12.6. The molecule has 4 heteroatoms. The lowest BCUT2D eigenvalue weighted by Crippen LogP contribution is -2.07. The van der Waals surface area contributed by atoms with Crippen molar-refractivity contribution in [1.82, 2.24) is 0 Å². The van der Waals surface area contributed by atoms with Crippen LogP contribution in [0.5, 0.6) is 0 Å². The van der Waals surface area contributed by atoms with E-state index in [1.165, 1.54) is 0 Å². The van der Waals surface area contributed by atoms with Crippen molar-refractivity contribution in [3.8, 4) is 0 Å². The van der Waals surface area contributed by atoms with E-state index in [0.29, 0.717) is 21.8 Å². The summed E-state index contributed by atoms with van der Waals surface area (Å²) in [5, 5.41) is -0.124. The fraction of sp³-hybridized carbons (Fsp3) is 0.125. The zero-order chi connectivity index (χ0) is 25.7. The van der Waals surface area contributed by atoms with E-state index in [1.54, 1.807) is 12.1 Å². The number of thioether (sulfide) groups is 1. The Hall–Kier alpha value is -3.89. The van der Waals surface area contributed by atoms with Gasteiger partial charge in [0.1, 0.15) is 0 Å². The molecule has 0 saturated heterocycles. The van der Waals surface area contributed by atoms with Gasteiger partial charge in [0.05, 0.1) is 10.5 Å². The lowest BCUT2D eigenvalue weighted by Gasteiger charge is -2.16. The van der Waals surface area contributed by atoms with Crippen LogP contribution in [0.1, 0.15) is 54.1 Å². The summed E-state index contributed by atoms with van der Waals surface area (Å²) in [6.45, 7) is 7.97. The molecular weight excluding hydrogens is 464 g/mol. The van der Waals surface area contributed by atoms with Crippen LogP contribution in [0.2, 0.25) is 0 Å². The fourth-order valence-corrected chi connectivity index (χ4v) is 4.51. The molecule has 0 spiro atoms. The average molecular weight is 493 g/mol. The summed E-state index contributed by atoms with van der Waals surface area (Å²) in [5.41, 5.74) is 6.88. The average Bonchev–Trinajstić information content (AvgIpc) is 2.88. The number of carbonyl (C=O) groups excluding carboxylic acids is 2. The summed E-state index contributed by atoms with van der Waals surface area (Å²) in [6, 6.07) is 30.4. The molecule has 0 aliphatic heterocycles. The van der Waals surface area contributed by atoms with Crippen LogP contribution in [0, 0.1) is 27.7 Å². The molecule has 4 aromatic carbocycles. The molecule has 0 N–H and O–H groups in total. The second-order valence-electron chi connectivity index (χ2n) is 8.90. The van der Waals surface area contributed by atoms with Crippen LogP contribution >= 0.6 is 11.8 Å². The van der Waals surface area contributed by atoms with Crippen molar-refractivity contribution in [2.75, 3.05) is 0 Å². The first-order valence-electron chi connectivity index (χ1n) is 11.8. The fourth-order valence-electron chi connectivity index (χ4n) is 3.57. The number of hydrogen-bond acceptors (Lipinski definition) is 4. The van der Waals surface area contributed by atoms with E-state index in [-0.39, 0.29) is 5.12 Å². The second-order valence-corrected chi connectivity index (χ2v) is 9.88. The van der Waals surface area contributed by atoms with E-state index in [1.807, 2.05) is 113 Å². The number of rotatable bonds is 6. The summed E-state index contributed by atoms with van der Waals surface area (Å²) in [7, 11) is 0. The monoisotopic (exact) mass is 492 g/mol. The smallest absolute Gasteiger partial charge is 0.343 e. The minimum atomic E-state index is -0.474. The van der Waals surface area contributed by atoms with Crippen molar-refractivity contribution >= 4 is 33.5 Å². The van der Waals surface area contributed by atoms with Gasteiger partial charge in [-0.3, -0.25) is 4.79 Å². The Bertz CT molecular complexity index is 1290. The Morgan fingerprint density at radius 2 is 0.861 bits per heavy atom. The van der Waals surface area contributed by atoms with Crippen molar-refractivity contribution in [2.24, 2.45) is 0 Å². The molecule has 4 rings (SSSR count). The highest BCUT2D eigenvalue weighted by Crippen LogP contribution is 2.39. The van der Waals surface area contributed by atoms with E-state index < -0.39 is 5.97 Å². The molecule has 0 bridgehead atoms. The highest BCUT2D eigenvalue weighted by atomic mass is 32.2. The van der Waals surface area contributed by atoms with Crippen molar-refractivity contribution in [3.05, 3.63) is 142 Å². The highest BCUT2D eigenvalue weighted by molar-refractivity contribution is 8.22. The van der Waals surface area contributed by atoms with E-state index in [2.05, 4.69) is 0 Å². The van der Waals surface area contributed by atoms with E-state index in [0.717, 1.165) is 45.1 Å². The summed E-state index contributed by atoms with van der Waals surface area (Å²) >= 11 is 1.07. The molecule has 0 aliphatic rings. The minimum absolute atomic E-state index is 0.124. The maximum atomic E-state index is 13.4. The standard InChI is InChI=1S/C32H28O3S/c1-21-5-13-25(14-6-21)29(35-31(33)27-17-9-23(3)10-18-27)30(26-15-7-22(2)8-16-26)36-32(34)28-19-11-24(4)12-20-28/h5-20H,1-4H3/b30-29-. The number of esters is 1. The Morgan fingerprint density at radius 3 is 1.31 bits per heavy atom. The molecule has 0 amide bonds. The van der Waals surface area contributed by atoms with Gasteiger partial charge in [0.2, 0.25) is 5.12 Å². The first-order chi connectivity index (χ1) is 17.3. The van der Waals surface area contributed by atoms with E-state index in [4.69, 9.17) is 4.74 Å². The lowest BCUT2D eigenvalue weighted by atomic mass is 10.1. The largest absolute Gasteiger partial charge is 0.421 e. The molecule has 0 heterocycles. The zero-order valence-corrected chi connectivity index (χ0v) is 21.7. The molecule has 36 heavy (non-hydrogen) atoms. The van der Waals surface area contributed by atoms with Gasteiger partial charge in [0.25, 0.3) is 0 Å². The number of aryl methyl sites for hydroxylation is 4. The maximum Gasteiger partial charge on any atom is 0.343 e.